The van der Waals surface area contributed by atoms with E-state index in [1.165, 1.54) is 6.92 Å². The molecule has 3 aromatic rings. The van der Waals surface area contributed by atoms with Gasteiger partial charge in [0.1, 0.15) is 4.90 Å². The maximum Gasteiger partial charge on any atom is 0.586 e. The summed E-state index contributed by atoms with van der Waals surface area (Å²) < 4.78 is 102. The van der Waals surface area contributed by atoms with Crippen molar-refractivity contribution < 1.29 is 44.6 Å². The van der Waals surface area contributed by atoms with E-state index in [2.05, 4.69) is 14.6 Å². The zero-order valence-electron chi connectivity index (χ0n) is 16.5. The maximum atomic E-state index is 13.3. The van der Waals surface area contributed by atoms with Gasteiger partial charge in [-0.2, -0.15) is 13.2 Å². The summed E-state index contributed by atoms with van der Waals surface area (Å²) in [5.41, 5.74) is -1.26. The van der Waals surface area contributed by atoms with Crippen LogP contribution in [-0.4, -0.2) is 36.0 Å². The Morgan fingerprint density at radius 2 is 1.82 bits per heavy atom. The van der Waals surface area contributed by atoms with Gasteiger partial charge in [0.25, 0.3) is 5.91 Å². The van der Waals surface area contributed by atoms with E-state index >= 15 is 0 Å². The molecule has 4 heterocycles. The predicted molar refractivity (Wildman–Crippen MR) is 101 cm³/mol. The summed E-state index contributed by atoms with van der Waals surface area (Å²) in [7, 11) is -4.14. The highest BCUT2D eigenvalue weighted by Crippen LogP contribution is 2.45. The summed E-state index contributed by atoms with van der Waals surface area (Å²) in [6.45, 7) is 1.04. The molecule has 14 heteroatoms. The van der Waals surface area contributed by atoms with Crippen LogP contribution < -0.4 is 14.4 Å². The number of ether oxygens (including phenoxy) is 2. The van der Waals surface area contributed by atoms with Gasteiger partial charge in [0.15, 0.2) is 27.2 Å². The number of halogens is 5. The molecular weight excluding hydrogens is 477 g/mol. The number of carbonyl (C=O) groups excluding carboxylic acids is 1. The Kier molecular flexibility index (Phi) is 4.26. The standard InChI is InChI=1S/C19H12F5N3O5S/c1-2-33(29,30)15-12-6-10(18(20,21)22)3-4-27(12)25-16(15)26-8-9-5-13-14(7-11(9)17(26)28)32-19(23,24)31-13/h3-7H,2,8H2,1H3. The number of alkyl halides is 5. The molecule has 174 valence electrons. The second-order valence-corrected chi connectivity index (χ2v) is 9.53. The number of sulfone groups is 1. The molecule has 2 aliphatic rings. The Morgan fingerprint density at radius 3 is 2.45 bits per heavy atom. The molecule has 0 spiro atoms. The lowest BCUT2D eigenvalue weighted by atomic mass is 10.1. The van der Waals surface area contributed by atoms with Crippen molar-refractivity contribution in [3.8, 4) is 11.5 Å². The van der Waals surface area contributed by atoms with Crippen LogP contribution in [0.4, 0.5) is 27.8 Å². The fourth-order valence-electron chi connectivity index (χ4n) is 3.73. The number of nitrogens with zero attached hydrogens (tertiary/aromatic N) is 3. The van der Waals surface area contributed by atoms with Gasteiger partial charge in [0, 0.05) is 11.8 Å². The molecule has 5 rings (SSSR count). The smallest absolute Gasteiger partial charge is 0.395 e. The van der Waals surface area contributed by atoms with E-state index in [9.17, 15) is 35.2 Å². The lowest BCUT2D eigenvalue weighted by Crippen LogP contribution is -2.26. The molecule has 2 aliphatic heterocycles. The SMILES string of the molecule is CCS(=O)(=O)c1c(N2Cc3cc4c(cc3C2=O)OC(F)(F)O4)nn2ccc(C(F)(F)F)cc12. The third kappa shape index (κ3) is 3.27. The topological polar surface area (TPSA) is 90.2 Å². The van der Waals surface area contributed by atoms with Crippen LogP contribution in [0.1, 0.15) is 28.4 Å². The monoisotopic (exact) mass is 489 g/mol. The van der Waals surface area contributed by atoms with Crippen LogP contribution >= 0.6 is 0 Å². The number of aromatic nitrogens is 2. The quantitative estimate of drug-likeness (QED) is 0.522. The van der Waals surface area contributed by atoms with Crippen molar-refractivity contribution >= 4 is 27.1 Å². The largest absolute Gasteiger partial charge is 0.586 e. The summed E-state index contributed by atoms with van der Waals surface area (Å²) in [4.78, 5) is 13.5. The van der Waals surface area contributed by atoms with Gasteiger partial charge in [-0.3, -0.25) is 9.69 Å². The van der Waals surface area contributed by atoms with Crippen molar-refractivity contribution in [2.24, 2.45) is 0 Å². The van der Waals surface area contributed by atoms with Crippen LogP contribution in [-0.2, 0) is 22.6 Å². The summed E-state index contributed by atoms with van der Waals surface area (Å²) >= 11 is 0. The van der Waals surface area contributed by atoms with Crippen LogP contribution in [0.3, 0.4) is 0 Å². The molecule has 0 unspecified atom stereocenters. The van der Waals surface area contributed by atoms with E-state index in [0.29, 0.717) is 6.07 Å². The van der Waals surface area contributed by atoms with Gasteiger partial charge in [0.05, 0.1) is 23.4 Å². The van der Waals surface area contributed by atoms with Gasteiger partial charge in [-0.1, -0.05) is 6.92 Å². The minimum atomic E-state index is -4.73. The van der Waals surface area contributed by atoms with Crippen molar-refractivity contribution in [1.82, 2.24) is 9.61 Å². The van der Waals surface area contributed by atoms with Crippen LogP contribution in [0.25, 0.3) is 5.52 Å². The van der Waals surface area contributed by atoms with Gasteiger partial charge < -0.3 is 9.47 Å². The number of amides is 1. The number of hydrogen-bond donors (Lipinski definition) is 0. The molecule has 0 saturated heterocycles. The highest BCUT2D eigenvalue weighted by molar-refractivity contribution is 7.91. The van der Waals surface area contributed by atoms with E-state index in [4.69, 9.17) is 0 Å². The number of rotatable bonds is 3. The van der Waals surface area contributed by atoms with Crippen molar-refractivity contribution in [2.45, 2.75) is 30.8 Å². The fraction of sp³-hybridized carbons (Fsp3) is 0.263. The van der Waals surface area contributed by atoms with E-state index in [1.54, 1.807) is 0 Å². The minimum Gasteiger partial charge on any atom is -0.395 e. The zero-order valence-corrected chi connectivity index (χ0v) is 17.3. The van der Waals surface area contributed by atoms with E-state index < -0.39 is 44.4 Å². The first-order chi connectivity index (χ1) is 15.3. The number of carbonyl (C=O) groups is 1. The van der Waals surface area contributed by atoms with Crippen LogP contribution in [0.5, 0.6) is 11.5 Å². The van der Waals surface area contributed by atoms with Crippen molar-refractivity contribution in [1.29, 1.82) is 0 Å². The molecule has 2 aromatic heterocycles. The Labute approximate surface area is 182 Å². The maximum absolute atomic E-state index is 13.3. The first-order valence-corrected chi connectivity index (χ1v) is 11.0. The Balaban J connectivity index is 1.66. The second kappa shape index (κ2) is 6.56. The second-order valence-electron chi connectivity index (χ2n) is 7.31. The lowest BCUT2D eigenvalue weighted by Gasteiger charge is -2.14. The minimum absolute atomic E-state index is 0.0528. The van der Waals surface area contributed by atoms with E-state index in [0.717, 1.165) is 33.8 Å². The molecule has 8 nitrogen and oxygen atoms in total. The predicted octanol–water partition coefficient (Wildman–Crippen LogP) is 3.63. The van der Waals surface area contributed by atoms with Gasteiger partial charge in [-0.05, 0) is 29.8 Å². The van der Waals surface area contributed by atoms with Crippen molar-refractivity contribution in [3.05, 3.63) is 47.2 Å². The molecule has 0 radical (unpaired) electrons. The lowest BCUT2D eigenvalue weighted by molar-refractivity contribution is -0.286. The molecule has 0 saturated carbocycles. The highest BCUT2D eigenvalue weighted by atomic mass is 32.2. The fourth-order valence-corrected chi connectivity index (χ4v) is 4.92. The molecule has 0 fully saturated rings. The Bertz CT molecular complexity index is 1450. The van der Waals surface area contributed by atoms with Gasteiger partial charge >= 0.3 is 12.5 Å². The highest BCUT2D eigenvalue weighted by Gasteiger charge is 2.46. The summed E-state index contributed by atoms with van der Waals surface area (Å²) in [5.74, 6) is -2.29. The van der Waals surface area contributed by atoms with E-state index in [-0.39, 0.29) is 40.5 Å². The number of anilines is 1. The van der Waals surface area contributed by atoms with Gasteiger partial charge in [0.2, 0.25) is 0 Å². The molecule has 0 atom stereocenters. The third-order valence-corrected chi connectivity index (χ3v) is 7.05. The van der Waals surface area contributed by atoms with Crippen molar-refractivity contribution in [3.63, 3.8) is 0 Å². The van der Waals surface area contributed by atoms with Gasteiger partial charge in [-0.15, -0.1) is 13.9 Å². The van der Waals surface area contributed by atoms with E-state index in [1.807, 2.05) is 0 Å². The van der Waals surface area contributed by atoms with Gasteiger partial charge in [-0.25, -0.2) is 12.9 Å². The first kappa shape index (κ1) is 21.4. The number of fused-ring (bicyclic) bond motifs is 3. The number of benzene rings is 1. The summed E-state index contributed by atoms with van der Waals surface area (Å²) in [6, 6.07) is 3.58. The molecule has 1 amide bonds. The normalized spacial score (nSPS) is 17.2. The Morgan fingerprint density at radius 1 is 1.15 bits per heavy atom. The summed E-state index contributed by atoms with van der Waals surface area (Å²) in [5, 5.41) is 4.06. The molecule has 0 aliphatic carbocycles. The molecule has 0 N–H and O–H groups in total. The number of hydrogen-bond acceptors (Lipinski definition) is 6. The first-order valence-electron chi connectivity index (χ1n) is 9.38. The summed E-state index contributed by atoms with van der Waals surface area (Å²) in [6.07, 6.45) is -7.68. The zero-order chi connectivity index (χ0) is 23.9. The van der Waals surface area contributed by atoms with Crippen molar-refractivity contribution in [2.75, 3.05) is 10.7 Å². The average Bonchev–Trinajstić information content (AvgIpc) is 3.34. The number of pyridine rings is 1. The molecule has 0 bridgehead atoms. The molecule has 1 aromatic carbocycles. The van der Waals surface area contributed by atoms with Crippen LogP contribution in [0, 0.1) is 0 Å². The third-order valence-electron chi connectivity index (χ3n) is 5.28. The molecular formula is C19H12F5N3O5S. The average molecular weight is 489 g/mol. The molecule has 33 heavy (non-hydrogen) atoms. The van der Waals surface area contributed by atoms with Crippen LogP contribution in [0.2, 0.25) is 0 Å². The van der Waals surface area contributed by atoms with Crippen LogP contribution in [0.15, 0.2) is 35.4 Å². The Hall–Kier alpha value is -3.42.